The summed E-state index contributed by atoms with van der Waals surface area (Å²) in [5, 5.41) is 9.86. The van der Waals surface area contributed by atoms with Crippen molar-refractivity contribution in [3.63, 3.8) is 0 Å². The van der Waals surface area contributed by atoms with Gasteiger partial charge in [-0.25, -0.2) is 0 Å². The Balaban J connectivity index is 2.09. The van der Waals surface area contributed by atoms with Gasteiger partial charge in [0.1, 0.15) is 11.6 Å². The van der Waals surface area contributed by atoms with E-state index in [9.17, 15) is 10.1 Å². The van der Waals surface area contributed by atoms with Gasteiger partial charge in [-0.2, -0.15) is 5.26 Å². The Labute approximate surface area is 139 Å². The number of pyridine rings is 1. The molecule has 0 fully saturated rings. The van der Waals surface area contributed by atoms with Crippen molar-refractivity contribution in [3.05, 3.63) is 93.4 Å². The van der Waals surface area contributed by atoms with Crippen molar-refractivity contribution >= 4 is 11.6 Å². The summed E-state index contributed by atoms with van der Waals surface area (Å²) in [6.45, 7) is 0.370. The van der Waals surface area contributed by atoms with E-state index in [1.54, 1.807) is 22.9 Å². The Hall–Kier alpha value is -2.83. The van der Waals surface area contributed by atoms with Crippen molar-refractivity contribution in [2.75, 3.05) is 0 Å². The second-order valence-electron chi connectivity index (χ2n) is 5.18. The number of nitriles is 1. The topological polar surface area (TPSA) is 45.8 Å². The molecule has 3 nitrogen and oxygen atoms in total. The third-order valence-corrected chi connectivity index (χ3v) is 3.79. The minimum atomic E-state index is -0.299. The first kappa shape index (κ1) is 15.1. The van der Waals surface area contributed by atoms with Crippen LogP contribution in [0.15, 0.2) is 71.7 Å². The molecule has 2 aromatic carbocycles. The van der Waals surface area contributed by atoms with Crippen molar-refractivity contribution in [2.45, 2.75) is 6.54 Å². The summed E-state index contributed by atoms with van der Waals surface area (Å²) in [5.74, 6) is 0. The van der Waals surface area contributed by atoms with Crippen LogP contribution < -0.4 is 5.56 Å². The molecule has 0 bridgehead atoms. The maximum absolute atomic E-state index is 12.4. The first-order valence-corrected chi connectivity index (χ1v) is 7.49. The van der Waals surface area contributed by atoms with Crippen molar-refractivity contribution in [1.29, 1.82) is 5.26 Å². The van der Waals surface area contributed by atoms with Gasteiger partial charge >= 0.3 is 0 Å². The molecular formula is C19H13ClN2O. The highest BCUT2D eigenvalue weighted by atomic mass is 35.5. The number of hydrogen-bond acceptors (Lipinski definition) is 2. The summed E-state index contributed by atoms with van der Waals surface area (Å²) in [6.07, 6.45) is 1.78. The van der Waals surface area contributed by atoms with E-state index in [0.717, 1.165) is 16.7 Å². The van der Waals surface area contributed by atoms with E-state index in [0.29, 0.717) is 11.6 Å². The predicted octanol–water partition coefficient (Wildman–Crippen LogP) is 4.09. The van der Waals surface area contributed by atoms with Crippen molar-refractivity contribution in [2.24, 2.45) is 0 Å². The molecule has 3 aromatic rings. The van der Waals surface area contributed by atoms with Gasteiger partial charge in [-0.3, -0.25) is 4.79 Å². The van der Waals surface area contributed by atoms with Crippen LogP contribution in [0.4, 0.5) is 0 Å². The van der Waals surface area contributed by atoms with Gasteiger partial charge in [0.25, 0.3) is 5.56 Å². The highest BCUT2D eigenvalue weighted by molar-refractivity contribution is 6.30. The molecule has 23 heavy (non-hydrogen) atoms. The molecule has 0 saturated carbocycles. The van der Waals surface area contributed by atoms with E-state index in [4.69, 9.17) is 11.6 Å². The molecule has 0 amide bonds. The molecule has 112 valence electrons. The van der Waals surface area contributed by atoms with E-state index in [1.165, 1.54) is 0 Å². The summed E-state index contributed by atoms with van der Waals surface area (Å²) in [6, 6.07) is 20.6. The summed E-state index contributed by atoms with van der Waals surface area (Å²) in [4.78, 5) is 12.4. The largest absolute Gasteiger partial charge is 0.309 e. The fraction of sp³-hybridized carbons (Fsp3) is 0.0526. The zero-order valence-corrected chi connectivity index (χ0v) is 13.0. The lowest BCUT2D eigenvalue weighted by atomic mass is 10.1. The molecular weight excluding hydrogens is 308 g/mol. The fourth-order valence-corrected chi connectivity index (χ4v) is 2.67. The van der Waals surface area contributed by atoms with Crippen LogP contribution in [0.2, 0.25) is 5.02 Å². The smallest absolute Gasteiger partial charge is 0.268 e. The number of hydrogen-bond donors (Lipinski definition) is 0. The molecule has 0 N–H and O–H groups in total. The molecule has 0 saturated heterocycles. The third-order valence-electron chi connectivity index (χ3n) is 3.56. The highest BCUT2D eigenvalue weighted by Gasteiger charge is 2.08. The maximum atomic E-state index is 12.4. The molecule has 0 radical (unpaired) electrons. The van der Waals surface area contributed by atoms with Gasteiger partial charge in [-0.05, 0) is 34.9 Å². The number of nitrogens with zero attached hydrogens (tertiary/aromatic N) is 2. The average Bonchev–Trinajstić information content (AvgIpc) is 2.57. The van der Waals surface area contributed by atoms with Crippen molar-refractivity contribution < 1.29 is 0 Å². The minimum Gasteiger partial charge on any atom is -0.309 e. The maximum Gasteiger partial charge on any atom is 0.268 e. The highest BCUT2D eigenvalue weighted by Crippen LogP contribution is 2.19. The first-order chi connectivity index (χ1) is 11.2. The molecule has 0 atom stereocenters. The Kier molecular flexibility index (Phi) is 4.27. The van der Waals surface area contributed by atoms with E-state index in [1.807, 2.05) is 54.6 Å². The Bertz CT molecular complexity index is 940. The minimum absolute atomic E-state index is 0.133. The molecule has 0 aliphatic carbocycles. The van der Waals surface area contributed by atoms with Gasteiger partial charge in [0.05, 0.1) is 6.54 Å². The molecule has 1 heterocycles. The summed E-state index contributed by atoms with van der Waals surface area (Å²) < 4.78 is 1.55. The van der Waals surface area contributed by atoms with E-state index in [-0.39, 0.29) is 11.1 Å². The second-order valence-corrected chi connectivity index (χ2v) is 5.62. The van der Waals surface area contributed by atoms with Crippen LogP contribution in [0.3, 0.4) is 0 Å². The lowest BCUT2D eigenvalue weighted by Gasteiger charge is -2.10. The van der Waals surface area contributed by atoms with Crippen LogP contribution in [0.25, 0.3) is 11.1 Å². The molecule has 3 rings (SSSR count). The summed E-state index contributed by atoms with van der Waals surface area (Å²) in [5.41, 5.74) is 2.54. The van der Waals surface area contributed by atoms with Crippen molar-refractivity contribution in [1.82, 2.24) is 4.57 Å². The normalized spacial score (nSPS) is 10.3. The average molecular weight is 321 g/mol. The number of rotatable bonds is 3. The van der Waals surface area contributed by atoms with Gasteiger partial charge < -0.3 is 4.57 Å². The molecule has 4 heteroatoms. The number of benzene rings is 2. The number of halogens is 1. The van der Waals surface area contributed by atoms with Gasteiger partial charge in [-0.1, -0.05) is 54.1 Å². The van der Waals surface area contributed by atoms with Crippen LogP contribution in [-0.2, 0) is 6.54 Å². The van der Waals surface area contributed by atoms with Crippen LogP contribution in [0.1, 0.15) is 11.1 Å². The molecule has 0 aliphatic rings. The third kappa shape index (κ3) is 3.33. The Morgan fingerprint density at radius 3 is 2.48 bits per heavy atom. The van der Waals surface area contributed by atoms with Crippen LogP contribution in [-0.4, -0.2) is 4.57 Å². The number of aromatic nitrogens is 1. The summed E-state index contributed by atoms with van der Waals surface area (Å²) >= 11 is 6.00. The molecule has 0 aliphatic heterocycles. The first-order valence-electron chi connectivity index (χ1n) is 7.12. The van der Waals surface area contributed by atoms with Gasteiger partial charge in [0, 0.05) is 11.2 Å². The monoisotopic (exact) mass is 320 g/mol. The van der Waals surface area contributed by atoms with Gasteiger partial charge in [0.15, 0.2) is 0 Å². The molecule has 1 aromatic heterocycles. The SMILES string of the molecule is N#Cc1cc(-c2ccccc2)cn(Cc2cccc(Cl)c2)c1=O. The Morgan fingerprint density at radius 1 is 1.00 bits per heavy atom. The lowest BCUT2D eigenvalue weighted by molar-refractivity contribution is 0.758. The summed E-state index contributed by atoms with van der Waals surface area (Å²) in [7, 11) is 0. The lowest BCUT2D eigenvalue weighted by Crippen LogP contribution is -2.22. The van der Waals surface area contributed by atoms with Crippen LogP contribution >= 0.6 is 11.6 Å². The second kappa shape index (κ2) is 6.51. The predicted molar refractivity (Wildman–Crippen MR) is 91.4 cm³/mol. The quantitative estimate of drug-likeness (QED) is 0.729. The van der Waals surface area contributed by atoms with Crippen LogP contribution in [0, 0.1) is 11.3 Å². The zero-order chi connectivity index (χ0) is 16.2. The van der Waals surface area contributed by atoms with E-state index in [2.05, 4.69) is 0 Å². The van der Waals surface area contributed by atoms with Gasteiger partial charge in [-0.15, -0.1) is 0 Å². The van der Waals surface area contributed by atoms with Gasteiger partial charge in [0.2, 0.25) is 0 Å². The fourth-order valence-electron chi connectivity index (χ4n) is 2.45. The standard InChI is InChI=1S/C19H13ClN2O/c20-18-8-4-5-14(9-18)12-22-13-17(10-16(11-21)19(22)23)15-6-2-1-3-7-15/h1-10,13H,12H2. The Morgan fingerprint density at radius 2 is 1.78 bits per heavy atom. The van der Waals surface area contributed by atoms with E-state index >= 15 is 0 Å². The van der Waals surface area contributed by atoms with E-state index < -0.39 is 0 Å². The van der Waals surface area contributed by atoms with Crippen LogP contribution in [0.5, 0.6) is 0 Å². The van der Waals surface area contributed by atoms with Crippen molar-refractivity contribution in [3.8, 4) is 17.2 Å². The molecule has 0 unspecified atom stereocenters. The zero-order valence-electron chi connectivity index (χ0n) is 12.2. The molecule has 0 spiro atoms.